The standard InChI is InChI=1S/C19H23FN2O3S/c1-22(2)19-12-7-14(20)13-18(19)21-26(23,24)17-10-8-16(9-11-17)25-15-5-3-4-6-15/h7-13,15,21H,3-6H2,1-2H3. The topological polar surface area (TPSA) is 58.6 Å². The molecule has 5 nitrogen and oxygen atoms in total. The smallest absolute Gasteiger partial charge is 0.261 e. The van der Waals surface area contributed by atoms with Gasteiger partial charge in [-0.2, -0.15) is 0 Å². The van der Waals surface area contributed by atoms with Crippen LogP contribution in [0.2, 0.25) is 0 Å². The summed E-state index contributed by atoms with van der Waals surface area (Å²) in [5.74, 6) is 0.157. The molecule has 0 aromatic heterocycles. The predicted octanol–water partition coefficient (Wildman–Crippen LogP) is 4.01. The molecule has 26 heavy (non-hydrogen) atoms. The minimum atomic E-state index is -3.83. The van der Waals surface area contributed by atoms with Crippen LogP contribution in [0.1, 0.15) is 25.7 Å². The number of hydrogen-bond donors (Lipinski definition) is 1. The highest BCUT2D eigenvalue weighted by Gasteiger charge is 2.19. The Balaban J connectivity index is 1.79. The first kappa shape index (κ1) is 18.5. The molecule has 0 atom stereocenters. The summed E-state index contributed by atoms with van der Waals surface area (Å²) >= 11 is 0. The maximum Gasteiger partial charge on any atom is 0.261 e. The van der Waals surface area contributed by atoms with Gasteiger partial charge in [0.25, 0.3) is 10.0 Å². The number of nitrogens with one attached hydrogen (secondary N) is 1. The van der Waals surface area contributed by atoms with Gasteiger partial charge in [0.1, 0.15) is 11.6 Å². The molecule has 140 valence electrons. The molecule has 3 rings (SSSR count). The Bertz CT molecular complexity index is 861. The Kier molecular flexibility index (Phi) is 5.36. The van der Waals surface area contributed by atoms with Gasteiger partial charge in [-0.15, -0.1) is 0 Å². The largest absolute Gasteiger partial charge is 0.490 e. The second-order valence-corrected chi connectivity index (χ2v) is 8.34. The van der Waals surface area contributed by atoms with Gasteiger partial charge in [-0.1, -0.05) is 0 Å². The van der Waals surface area contributed by atoms with Crippen molar-refractivity contribution in [2.24, 2.45) is 0 Å². The minimum absolute atomic E-state index is 0.102. The molecule has 0 heterocycles. The molecule has 1 fully saturated rings. The van der Waals surface area contributed by atoms with Gasteiger partial charge in [0.05, 0.1) is 22.4 Å². The maximum atomic E-state index is 13.6. The van der Waals surface area contributed by atoms with Crippen molar-refractivity contribution in [3.63, 3.8) is 0 Å². The van der Waals surface area contributed by atoms with E-state index in [2.05, 4.69) is 4.72 Å². The van der Waals surface area contributed by atoms with Gasteiger partial charge in [-0.05, 0) is 62.1 Å². The second-order valence-electron chi connectivity index (χ2n) is 6.66. The van der Waals surface area contributed by atoms with Gasteiger partial charge in [0, 0.05) is 20.2 Å². The number of hydrogen-bond acceptors (Lipinski definition) is 4. The molecule has 0 radical (unpaired) electrons. The molecule has 0 aliphatic heterocycles. The van der Waals surface area contributed by atoms with Gasteiger partial charge < -0.3 is 9.64 Å². The van der Waals surface area contributed by atoms with E-state index in [0.29, 0.717) is 11.4 Å². The maximum absolute atomic E-state index is 13.6. The van der Waals surface area contributed by atoms with Crippen LogP contribution < -0.4 is 14.4 Å². The summed E-state index contributed by atoms with van der Waals surface area (Å²) < 4.78 is 47.2. The number of ether oxygens (including phenoxy) is 1. The monoisotopic (exact) mass is 378 g/mol. The van der Waals surface area contributed by atoms with Crippen LogP contribution in [0.4, 0.5) is 15.8 Å². The Labute approximate surface area is 153 Å². The zero-order chi connectivity index (χ0) is 18.7. The van der Waals surface area contributed by atoms with Crippen molar-refractivity contribution in [3.8, 4) is 5.75 Å². The molecular weight excluding hydrogens is 355 g/mol. The van der Waals surface area contributed by atoms with Crippen LogP contribution in [0.15, 0.2) is 47.4 Å². The van der Waals surface area contributed by atoms with Gasteiger partial charge in [-0.25, -0.2) is 12.8 Å². The van der Waals surface area contributed by atoms with Gasteiger partial charge >= 0.3 is 0 Å². The fraction of sp³-hybridized carbons (Fsp3) is 0.368. The quantitative estimate of drug-likeness (QED) is 0.825. The summed E-state index contributed by atoms with van der Waals surface area (Å²) in [6.07, 6.45) is 4.62. The Morgan fingerprint density at radius 1 is 1.08 bits per heavy atom. The molecule has 1 saturated carbocycles. The molecule has 0 bridgehead atoms. The Morgan fingerprint density at radius 2 is 1.73 bits per heavy atom. The van der Waals surface area contributed by atoms with Crippen LogP contribution >= 0.6 is 0 Å². The molecule has 0 saturated heterocycles. The number of sulfonamides is 1. The molecule has 1 aliphatic rings. The van der Waals surface area contributed by atoms with Crippen molar-refractivity contribution in [3.05, 3.63) is 48.3 Å². The fourth-order valence-electron chi connectivity index (χ4n) is 3.08. The van der Waals surface area contributed by atoms with Crippen LogP contribution in [-0.2, 0) is 10.0 Å². The van der Waals surface area contributed by atoms with Crippen molar-refractivity contribution in [2.75, 3.05) is 23.7 Å². The average Bonchev–Trinajstić information content (AvgIpc) is 3.08. The lowest BCUT2D eigenvalue weighted by atomic mass is 10.2. The fourth-order valence-corrected chi connectivity index (χ4v) is 4.14. The van der Waals surface area contributed by atoms with Gasteiger partial charge in [0.2, 0.25) is 0 Å². The molecule has 0 spiro atoms. The van der Waals surface area contributed by atoms with Crippen molar-refractivity contribution < 1.29 is 17.5 Å². The highest BCUT2D eigenvalue weighted by molar-refractivity contribution is 7.92. The van der Waals surface area contributed by atoms with Gasteiger partial charge in [0.15, 0.2) is 0 Å². The molecule has 2 aromatic carbocycles. The van der Waals surface area contributed by atoms with Crippen LogP contribution in [0.5, 0.6) is 5.75 Å². The van der Waals surface area contributed by atoms with Crippen molar-refractivity contribution in [2.45, 2.75) is 36.7 Å². The lowest BCUT2D eigenvalue weighted by molar-refractivity contribution is 0.210. The highest BCUT2D eigenvalue weighted by Crippen LogP contribution is 2.29. The minimum Gasteiger partial charge on any atom is -0.490 e. The number of anilines is 2. The first-order valence-corrected chi connectivity index (χ1v) is 10.1. The average molecular weight is 378 g/mol. The van der Waals surface area contributed by atoms with E-state index in [0.717, 1.165) is 12.8 Å². The third-order valence-electron chi connectivity index (χ3n) is 4.42. The molecule has 7 heteroatoms. The first-order chi connectivity index (χ1) is 12.3. The molecule has 0 amide bonds. The van der Waals surface area contributed by atoms with Crippen LogP contribution in [0.25, 0.3) is 0 Å². The van der Waals surface area contributed by atoms with Gasteiger partial charge in [-0.3, -0.25) is 4.72 Å². The van der Waals surface area contributed by atoms with E-state index in [1.165, 1.54) is 43.2 Å². The lowest BCUT2D eigenvalue weighted by Gasteiger charge is -2.19. The van der Waals surface area contributed by atoms with Crippen molar-refractivity contribution in [1.82, 2.24) is 0 Å². The second kappa shape index (κ2) is 7.53. The highest BCUT2D eigenvalue weighted by atomic mass is 32.2. The van der Waals surface area contributed by atoms with E-state index in [1.807, 2.05) is 0 Å². The van der Waals surface area contributed by atoms with E-state index in [9.17, 15) is 12.8 Å². The molecule has 2 aromatic rings. The number of nitrogens with zero attached hydrogens (tertiary/aromatic N) is 1. The summed E-state index contributed by atoms with van der Waals surface area (Å²) in [7, 11) is -0.301. The molecule has 1 N–H and O–H groups in total. The molecular formula is C19H23FN2O3S. The van der Waals surface area contributed by atoms with E-state index in [4.69, 9.17) is 4.74 Å². The van der Waals surface area contributed by atoms with Crippen LogP contribution in [-0.4, -0.2) is 28.6 Å². The van der Waals surface area contributed by atoms with Crippen LogP contribution in [0.3, 0.4) is 0 Å². The lowest BCUT2D eigenvalue weighted by Crippen LogP contribution is -2.17. The summed E-state index contributed by atoms with van der Waals surface area (Å²) in [6.45, 7) is 0. The Morgan fingerprint density at radius 3 is 2.35 bits per heavy atom. The van der Waals surface area contributed by atoms with E-state index >= 15 is 0 Å². The summed E-state index contributed by atoms with van der Waals surface area (Å²) in [6, 6.07) is 10.3. The third kappa shape index (κ3) is 4.27. The Hall–Kier alpha value is -2.28. The zero-order valence-electron chi connectivity index (χ0n) is 14.9. The number of benzene rings is 2. The number of rotatable bonds is 6. The van der Waals surface area contributed by atoms with E-state index < -0.39 is 15.8 Å². The summed E-state index contributed by atoms with van der Waals surface area (Å²) in [5.41, 5.74) is 0.775. The zero-order valence-corrected chi connectivity index (χ0v) is 15.7. The number of halogens is 1. The molecule has 1 aliphatic carbocycles. The van der Waals surface area contributed by atoms with Crippen LogP contribution in [0, 0.1) is 5.82 Å². The SMILES string of the molecule is CN(C)c1ccc(F)cc1NS(=O)(=O)c1ccc(OC2CCCC2)cc1. The first-order valence-electron chi connectivity index (χ1n) is 8.61. The van der Waals surface area contributed by atoms with Crippen molar-refractivity contribution >= 4 is 21.4 Å². The third-order valence-corrected chi connectivity index (χ3v) is 5.81. The summed E-state index contributed by atoms with van der Waals surface area (Å²) in [4.78, 5) is 1.82. The van der Waals surface area contributed by atoms with E-state index in [-0.39, 0.29) is 16.7 Å². The summed E-state index contributed by atoms with van der Waals surface area (Å²) in [5, 5.41) is 0. The van der Waals surface area contributed by atoms with Crippen molar-refractivity contribution in [1.29, 1.82) is 0 Å². The normalized spacial score (nSPS) is 15.0. The van der Waals surface area contributed by atoms with E-state index in [1.54, 1.807) is 31.1 Å². The predicted molar refractivity (Wildman–Crippen MR) is 101 cm³/mol. The molecule has 0 unspecified atom stereocenters.